The fourth-order valence-electron chi connectivity index (χ4n) is 12.4. The minimum atomic E-state index is -1.31. The van der Waals surface area contributed by atoms with Crippen molar-refractivity contribution < 1.29 is 48.4 Å². The first-order valence-corrected chi connectivity index (χ1v) is 20.4. The number of rotatable bonds is 11. The number of carboxylic acid groups (broad SMARTS) is 2. The lowest BCUT2D eigenvalue weighted by Gasteiger charge is -2.71. The quantitative estimate of drug-likeness (QED) is 0.119. The van der Waals surface area contributed by atoms with E-state index < -0.39 is 51.6 Å². The van der Waals surface area contributed by atoms with Gasteiger partial charge < -0.3 is 24.4 Å². The summed E-state index contributed by atoms with van der Waals surface area (Å²) in [5.41, 5.74) is -2.77. The van der Waals surface area contributed by atoms with Gasteiger partial charge in [-0.2, -0.15) is 0 Å². The number of ether oxygens (including phenoxy) is 3. The van der Waals surface area contributed by atoms with Crippen LogP contribution in [0, 0.1) is 61.1 Å². The summed E-state index contributed by atoms with van der Waals surface area (Å²) in [6.45, 7) is 22.2. The second kappa shape index (κ2) is 13.9. The van der Waals surface area contributed by atoms with Crippen LogP contribution in [0.15, 0.2) is 11.6 Å². The fourth-order valence-corrected chi connectivity index (χ4v) is 12.4. The molecule has 10 nitrogen and oxygen atoms in total. The van der Waals surface area contributed by atoms with E-state index in [2.05, 4.69) is 40.7 Å². The molecule has 304 valence electrons. The highest BCUT2D eigenvalue weighted by molar-refractivity contribution is 5.82. The average molecular weight is 757 g/mol. The maximum Gasteiger partial charge on any atom is 0.312 e. The number of aliphatic carboxylic acids is 2. The van der Waals surface area contributed by atoms with E-state index in [1.807, 2.05) is 13.8 Å². The number of hydrogen-bond acceptors (Lipinski definition) is 8. The highest BCUT2D eigenvalue weighted by atomic mass is 16.6. The van der Waals surface area contributed by atoms with Crippen LogP contribution >= 0.6 is 0 Å². The van der Waals surface area contributed by atoms with E-state index in [1.54, 1.807) is 0 Å². The molecule has 0 amide bonds. The van der Waals surface area contributed by atoms with Gasteiger partial charge in [-0.3, -0.25) is 24.0 Å². The van der Waals surface area contributed by atoms with Crippen molar-refractivity contribution in [2.24, 2.45) is 61.1 Å². The summed E-state index contributed by atoms with van der Waals surface area (Å²) in [4.78, 5) is 64.3. The smallest absolute Gasteiger partial charge is 0.312 e. The molecule has 10 heteroatoms. The lowest BCUT2D eigenvalue weighted by Crippen LogP contribution is -2.66. The molecule has 0 aromatic rings. The van der Waals surface area contributed by atoms with E-state index in [9.17, 15) is 34.2 Å². The van der Waals surface area contributed by atoms with Crippen LogP contribution in [0.4, 0.5) is 0 Å². The third-order valence-electron chi connectivity index (χ3n) is 16.2. The number of carbonyl (C=O) groups excluding carboxylic acids is 3. The molecule has 0 spiro atoms. The van der Waals surface area contributed by atoms with E-state index in [0.29, 0.717) is 13.0 Å². The molecule has 54 heavy (non-hydrogen) atoms. The van der Waals surface area contributed by atoms with E-state index >= 15 is 0 Å². The Hall–Kier alpha value is -2.91. The topological polar surface area (TPSA) is 154 Å². The molecule has 0 heterocycles. The first kappa shape index (κ1) is 42.2. The molecule has 5 aliphatic rings. The lowest BCUT2D eigenvalue weighted by atomic mass is 9.33. The largest absolute Gasteiger partial charge is 0.481 e. The van der Waals surface area contributed by atoms with E-state index in [1.165, 1.54) is 33.3 Å². The molecule has 2 N–H and O–H groups in total. The summed E-state index contributed by atoms with van der Waals surface area (Å²) < 4.78 is 18.0. The van der Waals surface area contributed by atoms with E-state index in [-0.39, 0.29) is 64.8 Å². The van der Waals surface area contributed by atoms with Gasteiger partial charge in [0.05, 0.1) is 35.7 Å². The Morgan fingerprint density at radius 3 is 1.94 bits per heavy atom. The number of hydrogen-bond donors (Lipinski definition) is 2. The molecule has 4 saturated carbocycles. The number of esters is 3. The van der Waals surface area contributed by atoms with Gasteiger partial charge in [0, 0.05) is 5.41 Å². The van der Waals surface area contributed by atoms with Crippen LogP contribution in [0.3, 0.4) is 0 Å². The van der Waals surface area contributed by atoms with Gasteiger partial charge in [-0.1, -0.05) is 53.2 Å². The molecule has 0 aromatic heterocycles. The Bertz CT molecular complexity index is 1570. The molecule has 4 fully saturated rings. The summed E-state index contributed by atoms with van der Waals surface area (Å²) in [7, 11) is 0. The fraction of sp³-hybridized carbons (Fsp3) is 0.841. The van der Waals surface area contributed by atoms with E-state index in [4.69, 9.17) is 14.2 Å². The SMILES string of the molecule is CCOC(=O)[C@]12CCC(C)(C)CC1C1=CCC3[C@@]4(C)CC[C@H](OC(=O)CC(C)(C)C(=O)O)[C@@](C)(COC(=O)CC(C)(C)C(=O)O)C4CC[C@@]3(C)[C@]1(C)CC2. The Morgan fingerprint density at radius 1 is 0.759 bits per heavy atom. The van der Waals surface area contributed by atoms with Gasteiger partial charge in [-0.15, -0.1) is 0 Å². The van der Waals surface area contributed by atoms with Gasteiger partial charge in [-0.25, -0.2) is 0 Å². The third-order valence-corrected chi connectivity index (χ3v) is 16.2. The van der Waals surface area contributed by atoms with Crippen LogP contribution in [0.5, 0.6) is 0 Å². The highest BCUT2D eigenvalue weighted by Crippen LogP contribution is 2.76. The van der Waals surface area contributed by atoms with Crippen molar-refractivity contribution >= 4 is 29.8 Å². The number of fused-ring (bicyclic) bond motifs is 7. The Balaban J connectivity index is 1.51. The van der Waals surface area contributed by atoms with Crippen molar-refractivity contribution in [1.29, 1.82) is 0 Å². The van der Waals surface area contributed by atoms with Gasteiger partial charge >= 0.3 is 29.8 Å². The van der Waals surface area contributed by atoms with Gasteiger partial charge in [0.1, 0.15) is 12.7 Å². The maximum atomic E-state index is 13.9. The van der Waals surface area contributed by atoms with Crippen LogP contribution in [-0.2, 0) is 38.2 Å². The average Bonchev–Trinajstić information content (AvgIpc) is 3.05. The molecular formula is C44H68O10. The predicted molar refractivity (Wildman–Crippen MR) is 203 cm³/mol. The minimum absolute atomic E-state index is 0.00299. The molecular weight excluding hydrogens is 688 g/mol. The van der Waals surface area contributed by atoms with Crippen molar-refractivity contribution in [3.8, 4) is 0 Å². The van der Waals surface area contributed by atoms with Crippen molar-refractivity contribution in [2.75, 3.05) is 13.2 Å². The second-order valence-corrected chi connectivity index (χ2v) is 21.0. The number of carboxylic acids is 2. The number of allylic oxidation sites excluding steroid dienone is 2. The molecule has 0 radical (unpaired) electrons. The van der Waals surface area contributed by atoms with Crippen molar-refractivity contribution in [3.05, 3.63) is 11.6 Å². The predicted octanol–water partition coefficient (Wildman–Crippen LogP) is 8.79. The zero-order valence-electron chi connectivity index (χ0n) is 34.9. The van der Waals surface area contributed by atoms with Gasteiger partial charge in [0.2, 0.25) is 0 Å². The molecule has 3 unspecified atom stereocenters. The summed E-state index contributed by atoms with van der Waals surface area (Å²) >= 11 is 0. The van der Waals surface area contributed by atoms with Gasteiger partial charge in [0.25, 0.3) is 0 Å². The normalized spacial score (nSPS) is 38.6. The monoisotopic (exact) mass is 756 g/mol. The molecule has 0 aliphatic heterocycles. The maximum absolute atomic E-state index is 13.9. The summed E-state index contributed by atoms with van der Waals surface area (Å²) in [5.74, 6) is -3.02. The van der Waals surface area contributed by atoms with Gasteiger partial charge in [-0.05, 0) is 138 Å². The van der Waals surface area contributed by atoms with Crippen molar-refractivity contribution in [3.63, 3.8) is 0 Å². The Morgan fingerprint density at radius 2 is 1.35 bits per heavy atom. The number of carbonyl (C=O) groups is 5. The molecule has 0 aromatic carbocycles. The zero-order valence-corrected chi connectivity index (χ0v) is 34.9. The van der Waals surface area contributed by atoms with Crippen molar-refractivity contribution in [1.82, 2.24) is 0 Å². The molecule has 0 saturated heterocycles. The van der Waals surface area contributed by atoms with E-state index in [0.717, 1.165) is 57.8 Å². The molecule has 0 bridgehead atoms. The van der Waals surface area contributed by atoms with Crippen LogP contribution in [0.1, 0.15) is 153 Å². The molecule has 5 rings (SSSR count). The second-order valence-electron chi connectivity index (χ2n) is 21.0. The Labute approximate surface area is 322 Å². The Kier molecular flexibility index (Phi) is 10.9. The van der Waals surface area contributed by atoms with Crippen LogP contribution < -0.4 is 0 Å². The van der Waals surface area contributed by atoms with Crippen LogP contribution in [0.2, 0.25) is 0 Å². The van der Waals surface area contributed by atoms with Crippen molar-refractivity contribution in [2.45, 2.75) is 159 Å². The molecule has 9 atom stereocenters. The standard InChI is InChI=1S/C44H68O10/c1-12-52-36(51)44-21-19-37(2,3)23-28(44)27-13-14-30-40(8)17-16-31(54-33(46)25-39(6,7)35(49)50)41(9,26-53-32(45)24-38(4,5)34(47)48)29(40)15-18-43(30,11)42(27,10)20-22-44/h13,28-31H,12,14-26H2,1-11H3,(H,47,48)(H,49,50)/t28?,29?,30?,31-,40-,41-,42+,43+,44-/m0/s1. The van der Waals surface area contributed by atoms with Gasteiger partial charge in [0.15, 0.2) is 0 Å². The zero-order chi connectivity index (χ0) is 40.5. The first-order chi connectivity index (χ1) is 24.7. The minimum Gasteiger partial charge on any atom is -0.481 e. The summed E-state index contributed by atoms with van der Waals surface area (Å²) in [5, 5.41) is 19.4. The van der Waals surface area contributed by atoms with Crippen LogP contribution in [-0.4, -0.2) is 59.4 Å². The van der Waals surface area contributed by atoms with Crippen LogP contribution in [0.25, 0.3) is 0 Å². The molecule has 5 aliphatic carbocycles. The lowest BCUT2D eigenvalue weighted by molar-refractivity contribution is -0.228. The first-order valence-electron chi connectivity index (χ1n) is 20.4. The highest BCUT2D eigenvalue weighted by Gasteiger charge is 2.70. The third kappa shape index (κ3) is 6.81. The summed E-state index contributed by atoms with van der Waals surface area (Å²) in [6, 6.07) is 0. The summed E-state index contributed by atoms with van der Waals surface area (Å²) in [6.07, 6.45) is 9.74.